The maximum atomic E-state index is 13.6. The number of nitro benzene ring substituents is 1. The van der Waals surface area contributed by atoms with E-state index in [4.69, 9.17) is 15.2 Å². The Kier molecular flexibility index (Phi) is 5.06. The second kappa shape index (κ2) is 7.04. The van der Waals surface area contributed by atoms with Crippen LogP contribution >= 0.6 is 0 Å². The number of benzene rings is 2. The molecule has 1 amide bonds. The normalized spacial score (nSPS) is 10.2. The van der Waals surface area contributed by atoms with Crippen LogP contribution in [0.25, 0.3) is 0 Å². The lowest BCUT2D eigenvalue weighted by atomic mass is 10.1. The predicted molar refractivity (Wildman–Crippen MR) is 89.7 cm³/mol. The van der Waals surface area contributed by atoms with Gasteiger partial charge in [0, 0.05) is 11.8 Å². The molecular weight excluding hydrogens is 333 g/mol. The first-order chi connectivity index (χ1) is 11.8. The molecule has 8 nitrogen and oxygen atoms in total. The van der Waals surface area contributed by atoms with Crippen LogP contribution in [-0.4, -0.2) is 25.1 Å². The molecule has 0 saturated carbocycles. The number of carbonyl (C=O) groups is 1. The standard InChI is InChI=1S/C16H16FN3O5/c1-8-4-13(24-2)14(25-3)7-11(8)19-16(21)10-5-9(17)6-12(15(10)18)20(22)23/h4-7H,18H2,1-3H3,(H,19,21). The van der Waals surface area contributed by atoms with Crippen LogP contribution in [0.5, 0.6) is 11.5 Å². The van der Waals surface area contributed by atoms with Gasteiger partial charge in [-0.05, 0) is 24.6 Å². The van der Waals surface area contributed by atoms with E-state index in [1.807, 2.05) is 0 Å². The van der Waals surface area contributed by atoms with Gasteiger partial charge in [-0.15, -0.1) is 0 Å². The van der Waals surface area contributed by atoms with Gasteiger partial charge in [0.05, 0.1) is 30.8 Å². The second-order valence-corrected chi connectivity index (χ2v) is 5.12. The van der Waals surface area contributed by atoms with E-state index < -0.39 is 28.0 Å². The number of nitro groups is 1. The molecule has 0 aliphatic carbocycles. The minimum atomic E-state index is -0.935. The number of hydrogen-bond donors (Lipinski definition) is 2. The second-order valence-electron chi connectivity index (χ2n) is 5.12. The average Bonchev–Trinajstić information content (AvgIpc) is 2.57. The van der Waals surface area contributed by atoms with Crippen LogP contribution in [-0.2, 0) is 0 Å². The summed E-state index contributed by atoms with van der Waals surface area (Å²) in [6.45, 7) is 1.72. The number of aryl methyl sites for hydroxylation is 1. The Labute approximate surface area is 142 Å². The number of ether oxygens (including phenoxy) is 2. The molecule has 0 radical (unpaired) electrons. The maximum absolute atomic E-state index is 13.6. The van der Waals surface area contributed by atoms with Gasteiger partial charge in [0.2, 0.25) is 0 Å². The third-order valence-electron chi connectivity index (χ3n) is 3.54. The van der Waals surface area contributed by atoms with Gasteiger partial charge >= 0.3 is 0 Å². The number of nitrogens with two attached hydrogens (primary N) is 1. The molecule has 0 aromatic heterocycles. The van der Waals surface area contributed by atoms with Gasteiger partial charge in [-0.1, -0.05) is 0 Å². The Morgan fingerprint density at radius 3 is 2.36 bits per heavy atom. The molecule has 0 aliphatic rings. The topological polar surface area (TPSA) is 117 Å². The SMILES string of the molecule is COc1cc(C)c(NC(=O)c2cc(F)cc([N+](=O)[O-])c2N)cc1OC. The quantitative estimate of drug-likeness (QED) is 0.487. The Hall–Kier alpha value is -3.36. The lowest BCUT2D eigenvalue weighted by Crippen LogP contribution is -2.16. The lowest BCUT2D eigenvalue weighted by Gasteiger charge is -2.14. The van der Waals surface area contributed by atoms with Crippen molar-refractivity contribution in [2.24, 2.45) is 0 Å². The van der Waals surface area contributed by atoms with Gasteiger partial charge in [-0.25, -0.2) is 4.39 Å². The van der Waals surface area contributed by atoms with Crippen molar-refractivity contribution in [2.75, 3.05) is 25.3 Å². The number of nitrogens with zero attached hydrogens (tertiary/aromatic N) is 1. The van der Waals surface area contributed by atoms with E-state index in [1.165, 1.54) is 20.3 Å². The summed E-state index contributed by atoms with van der Waals surface area (Å²) in [5, 5.41) is 13.5. The highest BCUT2D eigenvalue weighted by molar-refractivity contribution is 6.09. The Balaban J connectivity index is 2.43. The van der Waals surface area contributed by atoms with E-state index in [0.29, 0.717) is 28.8 Å². The molecule has 0 fully saturated rings. The van der Waals surface area contributed by atoms with Crippen molar-refractivity contribution in [3.8, 4) is 11.5 Å². The number of nitrogens with one attached hydrogen (secondary N) is 1. The zero-order valence-electron chi connectivity index (χ0n) is 13.8. The van der Waals surface area contributed by atoms with Crippen LogP contribution in [0.15, 0.2) is 24.3 Å². The van der Waals surface area contributed by atoms with Crippen LogP contribution in [0.1, 0.15) is 15.9 Å². The molecule has 0 saturated heterocycles. The summed E-state index contributed by atoms with van der Waals surface area (Å²) in [7, 11) is 2.91. The van der Waals surface area contributed by atoms with Crippen molar-refractivity contribution >= 4 is 23.0 Å². The van der Waals surface area contributed by atoms with Gasteiger partial charge in [0.25, 0.3) is 11.6 Å². The average molecular weight is 349 g/mol. The molecule has 0 heterocycles. The summed E-state index contributed by atoms with van der Waals surface area (Å²) in [6, 6.07) is 4.67. The first-order valence-electron chi connectivity index (χ1n) is 7.05. The van der Waals surface area contributed by atoms with E-state index in [2.05, 4.69) is 5.32 Å². The molecule has 3 N–H and O–H groups in total. The number of amides is 1. The molecule has 2 aromatic rings. The summed E-state index contributed by atoms with van der Waals surface area (Å²) >= 11 is 0. The zero-order valence-corrected chi connectivity index (χ0v) is 13.8. The minimum Gasteiger partial charge on any atom is -0.493 e. The van der Waals surface area contributed by atoms with Crippen molar-refractivity contribution in [1.29, 1.82) is 0 Å². The zero-order chi connectivity index (χ0) is 18.7. The summed E-state index contributed by atoms with van der Waals surface area (Å²) in [6.07, 6.45) is 0. The highest BCUT2D eigenvalue weighted by Gasteiger charge is 2.22. The summed E-state index contributed by atoms with van der Waals surface area (Å²) in [5.74, 6) is -0.869. The summed E-state index contributed by atoms with van der Waals surface area (Å²) < 4.78 is 23.9. The van der Waals surface area contributed by atoms with Crippen LogP contribution in [0.3, 0.4) is 0 Å². The van der Waals surface area contributed by atoms with Crippen LogP contribution in [0.2, 0.25) is 0 Å². The third kappa shape index (κ3) is 3.60. The smallest absolute Gasteiger partial charge is 0.295 e. The van der Waals surface area contributed by atoms with Crippen LogP contribution in [0.4, 0.5) is 21.5 Å². The molecule has 9 heteroatoms. The van der Waals surface area contributed by atoms with Crippen molar-refractivity contribution in [2.45, 2.75) is 6.92 Å². The number of hydrogen-bond acceptors (Lipinski definition) is 6. The first kappa shape index (κ1) is 18.0. The number of methoxy groups -OCH3 is 2. The Morgan fingerprint density at radius 2 is 1.80 bits per heavy atom. The van der Waals surface area contributed by atoms with E-state index in [9.17, 15) is 19.3 Å². The number of anilines is 2. The number of carbonyl (C=O) groups excluding carboxylic acids is 1. The molecule has 0 aliphatic heterocycles. The fourth-order valence-electron chi connectivity index (χ4n) is 2.25. The monoisotopic (exact) mass is 349 g/mol. The van der Waals surface area contributed by atoms with Gasteiger partial charge < -0.3 is 20.5 Å². The van der Waals surface area contributed by atoms with Gasteiger partial charge in [-0.2, -0.15) is 0 Å². The van der Waals surface area contributed by atoms with Crippen LogP contribution < -0.4 is 20.5 Å². The Morgan fingerprint density at radius 1 is 1.20 bits per heavy atom. The highest BCUT2D eigenvalue weighted by Crippen LogP contribution is 2.34. The molecule has 25 heavy (non-hydrogen) atoms. The van der Waals surface area contributed by atoms with E-state index in [-0.39, 0.29) is 5.56 Å². The van der Waals surface area contributed by atoms with Crippen molar-refractivity contribution in [3.63, 3.8) is 0 Å². The molecular formula is C16H16FN3O5. The van der Waals surface area contributed by atoms with Crippen molar-refractivity contribution in [1.82, 2.24) is 0 Å². The largest absolute Gasteiger partial charge is 0.493 e. The molecule has 2 rings (SSSR count). The van der Waals surface area contributed by atoms with Crippen LogP contribution in [0, 0.1) is 22.9 Å². The molecule has 0 bridgehead atoms. The third-order valence-corrected chi connectivity index (χ3v) is 3.54. The molecule has 0 atom stereocenters. The van der Waals surface area contributed by atoms with Gasteiger partial charge in [-0.3, -0.25) is 14.9 Å². The fourth-order valence-corrected chi connectivity index (χ4v) is 2.25. The van der Waals surface area contributed by atoms with Gasteiger partial charge in [0.1, 0.15) is 11.5 Å². The fraction of sp³-hybridized carbons (Fsp3) is 0.188. The minimum absolute atomic E-state index is 0.333. The highest BCUT2D eigenvalue weighted by atomic mass is 19.1. The Bertz CT molecular complexity index is 854. The number of nitrogen functional groups attached to an aromatic ring is 1. The van der Waals surface area contributed by atoms with Crippen molar-refractivity contribution < 1.29 is 23.6 Å². The molecule has 2 aromatic carbocycles. The molecule has 132 valence electrons. The maximum Gasteiger partial charge on any atom is 0.295 e. The molecule has 0 unspecified atom stereocenters. The van der Waals surface area contributed by atoms with E-state index >= 15 is 0 Å². The predicted octanol–water partition coefficient (Wildman–Crippen LogP) is 2.89. The number of rotatable bonds is 5. The van der Waals surface area contributed by atoms with E-state index in [1.54, 1.807) is 13.0 Å². The van der Waals surface area contributed by atoms with E-state index in [0.717, 1.165) is 6.07 Å². The first-order valence-corrected chi connectivity index (χ1v) is 7.05. The number of halogens is 1. The lowest BCUT2D eigenvalue weighted by molar-refractivity contribution is -0.384. The molecule has 0 spiro atoms. The summed E-state index contributed by atoms with van der Waals surface area (Å²) in [4.78, 5) is 22.5. The van der Waals surface area contributed by atoms with Gasteiger partial charge in [0.15, 0.2) is 11.5 Å². The van der Waals surface area contributed by atoms with Crippen molar-refractivity contribution in [3.05, 3.63) is 51.3 Å². The summed E-state index contributed by atoms with van der Waals surface area (Å²) in [5.41, 5.74) is 5.23.